The molecule has 2 N–H and O–H groups in total. The zero-order valence-corrected chi connectivity index (χ0v) is 14.3. The number of nitrogens with zero attached hydrogens (tertiary/aromatic N) is 1. The first-order valence-corrected chi connectivity index (χ1v) is 8.56. The van der Waals surface area contributed by atoms with E-state index in [1.54, 1.807) is 12.1 Å². The molecule has 1 aromatic carbocycles. The highest BCUT2D eigenvalue weighted by molar-refractivity contribution is 5.76. The van der Waals surface area contributed by atoms with Gasteiger partial charge >= 0.3 is 0 Å². The molecule has 0 spiro atoms. The van der Waals surface area contributed by atoms with Crippen LogP contribution < -0.4 is 10.1 Å². The minimum Gasteiger partial charge on any atom is -0.504 e. The molecule has 0 aliphatic carbocycles. The quantitative estimate of drug-likeness (QED) is 0.850. The van der Waals surface area contributed by atoms with Crippen molar-refractivity contribution in [1.29, 1.82) is 0 Å². The van der Waals surface area contributed by atoms with Crippen molar-refractivity contribution in [3.63, 3.8) is 0 Å². The smallest absolute Gasteiger partial charge is 0.220 e. The van der Waals surface area contributed by atoms with Crippen molar-refractivity contribution in [2.24, 2.45) is 0 Å². The van der Waals surface area contributed by atoms with Crippen LogP contribution in [0.1, 0.15) is 25.3 Å². The van der Waals surface area contributed by atoms with E-state index in [4.69, 9.17) is 9.47 Å². The number of aryl methyl sites for hydroxylation is 1. The maximum Gasteiger partial charge on any atom is 0.220 e. The van der Waals surface area contributed by atoms with Gasteiger partial charge in [-0.25, -0.2) is 0 Å². The molecule has 0 radical (unpaired) electrons. The molecular formula is C18H26N2O4. The second-order valence-corrected chi connectivity index (χ2v) is 6.76. The molecule has 0 aromatic heterocycles. The third-order valence-corrected chi connectivity index (χ3v) is 4.84. The molecule has 1 amide bonds. The van der Waals surface area contributed by atoms with E-state index in [0.29, 0.717) is 24.6 Å². The standard InChI is InChI=1S/C18H26N2O4/c1-12-9-20-10-14(8-15(20)11-24-12)19-18(22)6-4-13-3-5-16(21)17(7-13)23-2/h3,5,7,12,14-15,21H,4,6,8-11H2,1-2H3,(H,19,22)/t12-,14+,15-/m0/s1. The topological polar surface area (TPSA) is 71.0 Å². The van der Waals surface area contributed by atoms with Crippen LogP contribution in [0.15, 0.2) is 18.2 Å². The van der Waals surface area contributed by atoms with Gasteiger partial charge in [0.05, 0.1) is 19.8 Å². The Hall–Kier alpha value is -1.79. The lowest BCUT2D eigenvalue weighted by Crippen LogP contribution is -2.45. The van der Waals surface area contributed by atoms with E-state index in [-0.39, 0.29) is 23.8 Å². The second kappa shape index (κ2) is 7.40. The summed E-state index contributed by atoms with van der Waals surface area (Å²) in [7, 11) is 1.52. The summed E-state index contributed by atoms with van der Waals surface area (Å²) < 4.78 is 10.8. The molecule has 2 fully saturated rings. The van der Waals surface area contributed by atoms with Gasteiger partial charge in [-0.1, -0.05) is 6.07 Å². The van der Waals surface area contributed by atoms with Crippen molar-refractivity contribution >= 4 is 5.91 Å². The highest BCUT2D eigenvalue weighted by Crippen LogP contribution is 2.27. The highest BCUT2D eigenvalue weighted by atomic mass is 16.5. The number of methoxy groups -OCH3 is 1. The molecular weight excluding hydrogens is 308 g/mol. The van der Waals surface area contributed by atoms with Gasteiger partial charge in [-0.2, -0.15) is 0 Å². The van der Waals surface area contributed by atoms with Gasteiger partial charge in [0, 0.05) is 31.6 Å². The highest BCUT2D eigenvalue weighted by Gasteiger charge is 2.36. The van der Waals surface area contributed by atoms with Crippen LogP contribution in [0.2, 0.25) is 0 Å². The van der Waals surface area contributed by atoms with Crippen LogP contribution in [0, 0.1) is 0 Å². The predicted molar refractivity (Wildman–Crippen MR) is 90.3 cm³/mol. The number of benzene rings is 1. The van der Waals surface area contributed by atoms with Crippen molar-refractivity contribution in [2.75, 3.05) is 26.8 Å². The van der Waals surface area contributed by atoms with E-state index in [1.165, 1.54) is 7.11 Å². The van der Waals surface area contributed by atoms with Crippen LogP contribution in [-0.4, -0.2) is 60.9 Å². The molecule has 3 rings (SSSR count). The summed E-state index contributed by atoms with van der Waals surface area (Å²) >= 11 is 0. The summed E-state index contributed by atoms with van der Waals surface area (Å²) in [5, 5.41) is 12.7. The Morgan fingerprint density at radius 2 is 2.29 bits per heavy atom. The number of rotatable bonds is 5. The average Bonchev–Trinajstić information content (AvgIpc) is 2.95. The molecule has 0 bridgehead atoms. The van der Waals surface area contributed by atoms with Crippen LogP contribution in [-0.2, 0) is 16.0 Å². The molecule has 0 saturated carbocycles. The molecule has 2 saturated heterocycles. The summed E-state index contributed by atoms with van der Waals surface area (Å²) in [4.78, 5) is 14.6. The van der Waals surface area contributed by atoms with Gasteiger partial charge in [0.25, 0.3) is 0 Å². The molecule has 2 heterocycles. The molecule has 6 nitrogen and oxygen atoms in total. The SMILES string of the molecule is COc1cc(CCC(=O)N[C@@H]2C[C@H]3CO[C@@H](C)CN3C2)ccc1O. The van der Waals surface area contributed by atoms with Crippen LogP contribution in [0.3, 0.4) is 0 Å². The van der Waals surface area contributed by atoms with E-state index < -0.39 is 0 Å². The third-order valence-electron chi connectivity index (χ3n) is 4.84. The van der Waals surface area contributed by atoms with Crippen LogP contribution in [0.25, 0.3) is 0 Å². The fraction of sp³-hybridized carbons (Fsp3) is 0.611. The van der Waals surface area contributed by atoms with Crippen molar-refractivity contribution in [3.05, 3.63) is 23.8 Å². The molecule has 24 heavy (non-hydrogen) atoms. The summed E-state index contributed by atoms with van der Waals surface area (Å²) in [6.07, 6.45) is 2.30. The molecule has 2 aliphatic heterocycles. The van der Waals surface area contributed by atoms with E-state index in [9.17, 15) is 9.90 Å². The largest absolute Gasteiger partial charge is 0.504 e. The average molecular weight is 334 g/mol. The Kier molecular flexibility index (Phi) is 5.26. The van der Waals surface area contributed by atoms with Gasteiger partial charge in [-0.3, -0.25) is 9.69 Å². The number of morpholine rings is 1. The number of carbonyl (C=O) groups excluding carboxylic acids is 1. The Bertz CT molecular complexity index is 592. The molecule has 6 heteroatoms. The number of phenolic OH excluding ortho intramolecular Hbond substituents is 1. The van der Waals surface area contributed by atoms with Crippen molar-refractivity contribution in [1.82, 2.24) is 10.2 Å². The zero-order chi connectivity index (χ0) is 17.1. The summed E-state index contributed by atoms with van der Waals surface area (Å²) in [5.41, 5.74) is 0.978. The minimum atomic E-state index is 0.0702. The number of phenols is 1. The Balaban J connectivity index is 1.46. The lowest BCUT2D eigenvalue weighted by Gasteiger charge is -2.33. The van der Waals surface area contributed by atoms with Gasteiger partial charge in [-0.05, 0) is 37.5 Å². The van der Waals surface area contributed by atoms with Gasteiger partial charge < -0.3 is 19.9 Å². The molecule has 0 unspecified atom stereocenters. The van der Waals surface area contributed by atoms with Gasteiger partial charge in [-0.15, -0.1) is 0 Å². The number of hydrogen-bond acceptors (Lipinski definition) is 5. The van der Waals surface area contributed by atoms with E-state index in [0.717, 1.165) is 31.7 Å². The second-order valence-electron chi connectivity index (χ2n) is 6.76. The minimum absolute atomic E-state index is 0.0702. The van der Waals surface area contributed by atoms with E-state index >= 15 is 0 Å². The van der Waals surface area contributed by atoms with E-state index in [1.807, 2.05) is 6.07 Å². The molecule has 2 aliphatic rings. The maximum absolute atomic E-state index is 12.2. The number of hydrogen-bond donors (Lipinski definition) is 2. The lowest BCUT2D eigenvalue weighted by atomic mass is 10.1. The maximum atomic E-state index is 12.2. The Morgan fingerprint density at radius 1 is 1.46 bits per heavy atom. The fourth-order valence-electron chi connectivity index (χ4n) is 3.58. The fourth-order valence-corrected chi connectivity index (χ4v) is 3.58. The molecule has 3 atom stereocenters. The van der Waals surface area contributed by atoms with Crippen LogP contribution in [0.4, 0.5) is 0 Å². The van der Waals surface area contributed by atoms with Crippen LogP contribution >= 0.6 is 0 Å². The predicted octanol–water partition coefficient (Wildman–Crippen LogP) is 1.31. The normalized spacial score (nSPS) is 26.8. The molecule has 132 valence electrons. The summed E-state index contributed by atoms with van der Waals surface area (Å²) in [6, 6.07) is 5.84. The Morgan fingerprint density at radius 3 is 3.08 bits per heavy atom. The van der Waals surface area contributed by atoms with Crippen molar-refractivity contribution in [3.8, 4) is 11.5 Å². The van der Waals surface area contributed by atoms with Crippen LogP contribution in [0.5, 0.6) is 11.5 Å². The number of ether oxygens (including phenoxy) is 2. The number of nitrogens with one attached hydrogen (secondary N) is 1. The monoisotopic (exact) mass is 334 g/mol. The Labute approximate surface area is 142 Å². The lowest BCUT2D eigenvalue weighted by molar-refractivity contribution is -0.121. The first kappa shape index (κ1) is 17.0. The molecule has 1 aromatic rings. The number of fused-ring (bicyclic) bond motifs is 1. The van der Waals surface area contributed by atoms with Gasteiger partial charge in [0.1, 0.15) is 0 Å². The van der Waals surface area contributed by atoms with E-state index in [2.05, 4.69) is 17.1 Å². The van der Waals surface area contributed by atoms with Crippen molar-refractivity contribution in [2.45, 2.75) is 44.4 Å². The number of aromatic hydroxyl groups is 1. The zero-order valence-electron chi connectivity index (χ0n) is 14.3. The third kappa shape index (κ3) is 3.99. The van der Waals surface area contributed by atoms with Crippen molar-refractivity contribution < 1.29 is 19.4 Å². The summed E-state index contributed by atoms with van der Waals surface area (Å²) in [5.74, 6) is 0.625. The van der Waals surface area contributed by atoms with Gasteiger partial charge in [0.15, 0.2) is 11.5 Å². The first-order valence-electron chi connectivity index (χ1n) is 8.56. The number of amides is 1. The first-order chi connectivity index (χ1) is 11.5. The summed E-state index contributed by atoms with van der Waals surface area (Å²) in [6.45, 7) is 4.72. The number of carbonyl (C=O) groups is 1. The van der Waals surface area contributed by atoms with Gasteiger partial charge in [0.2, 0.25) is 5.91 Å².